The Kier molecular flexibility index (Phi) is 12.1. The number of hydrogen-bond acceptors (Lipinski definition) is 5. The largest absolute Gasteiger partial charge is 0.488 e. The summed E-state index contributed by atoms with van der Waals surface area (Å²) < 4.78 is 14.3. The van der Waals surface area contributed by atoms with Crippen LogP contribution in [0, 0.1) is 19.3 Å². The molecule has 6 rings (SSSR count). The smallest absolute Gasteiger partial charge is 0.323 e. The molecule has 9 heteroatoms. The third-order valence-electron chi connectivity index (χ3n) is 11.3. The van der Waals surface area contributed by atoms with Gasteiger partial charge < -0.3 is 19.7 Å². The Morgan fingerprint density at radius 2 is 1.19 bits per heavy atom. The van der Waals surface area contributed by atoms with Crippen LogP contribution in [0.3, 0.4) is 0 Å². The van der Waals surface area contributed by atoms with E-state index in [1.54, 1.807) is 0 Å². The highest BCUT2D eigenvalue weighted by Gasteiger charge is 2.41. The van der Waals surface area contributed by atoms with Crippen molar-refractivity contribution >= 4 is 43.8 Å². The second-order valence-electron chi connectivity index (χ2n) is 14.5. The Bertz CT molecular complexity index is 1790. The number of carbonyl (C=O) groups is 2. The van der Waals surface area contributed by atoms with Crippen LogP contribution in [0.4, 0.5) is 0 Å². The summed E-state index contributed by atoms with van der Waals surface area (Å²) in [7, 11) is 0. The van der Waals surface area contributed by atoms with Gasteiger partial charge in [0.15, 0.2) is 0 Å². The van der Waals surface area contributed by atoms with E-state index >= 15 is 0 Å². The van der Waals surface area contributed by atoms with E-state index in [2.05, 4.69) is 93.5 Å². The number of rotatable bonds is 15. The summed E-state index contributed by atoms with van der Waals surface area (Å²) in [6, 6.07) is 24.6. The van der Waals surface area contributed by atoms with Crippen molar-refractivity contribution in [1.82, 2.24) is 5.32 Å². The van der Waals surface area contributed by atoms with Crippen LogP contribution in [0.1, 0.15) is 91.2 Å². The fourth-order valence-electron chi connectivity index (χ4n) is 7.88. The number of ether oxygens (including phenoxy) is 2. The number of carboxylic acid groups (broad SMARTS) is 2. The quantitative estimate of drug-likeness (QED) is 0.110. The predicted octanol–water partition coefficient (Wildman–Crippen LogP) is 10.7. The van der Waals surface area contributed by atoms with Crippen molar-refractivity contribution in [1.29, 1.82) is 0 Å². The van der Waals surface area contributed by atoms with E-state index < -0.39 is 22.9 Å². The highest BCUT2D eigenvalue weighted by Crippen LogP contribution is 2.43. The molecule has 7 nitrogen and oxygen atoms in total. The van der Waals surface area contributed by atoms with Crippen molar-refractivity contribution in [3.05, 3.63) is 115 Å². The van der Waals surface area contributed by atoms with Gasteiger partial charge in [-0.05, 0) is 153 Å². The fourth-order valence-corrected chi connectivity index (χ4v) is 8.97. The first-order valence-corrected chi connectivity index (χ1v) is 19.8. The lowest BCUT2D eigenvalue weighted by Gasteiger charge is -2.25. The molecule has 0 atom stereocenters. The van der Waals surface area contributed by atoms with Crippen molar-refractivity contribution in [3.63, 3.8) is 0 Å². The van der Waals surface area contributed by atoms with Crippen LogP contribution in [0.15, 0.2) is 81.7 Å². The van der Waals surface area contributed by atoms with Crippen LogP contribution in [0.5, 0.6) is 11.5 Å². The monoisotopic (exact) mass is 831 g/mol. The summed E-state index contributed by atoms with van der Waals surface area (Å²) in [6.45, 7) is 5.57. The number of hydrogen-bond donors (Lipinski definition) is 3. The van der Waals surface area contributed by atoms with Gasteiger partial charge in [0.1, 0.15) is 30.3 Å². The van der Waals surface area contributed by atoms with Crippen molar-refractivity contribution in [2.45, 2.75) is 103 Å². The number of aliphatic carboxylic acids is 2. The van der Waals surface area contributed by atoms with Crippen LogP contribution in [0.2, 0.25) is 0 Å². The summed E-state index contributed by atoms with van der Waals surface area (Å²) in [4.78, 5) is 23.9. The summed E-state index contributed by atoms with van der Waals surface area (Å²) in [6.07, 6.45) is 8.11. The van der Waals surface area contributed by atoms with Gasteiger partial charge in [0, 0.05) is 6.54 Å². The molecule has 0 radical (unpaired) electrons. The minimum absolute atomic E-state index is 0.404. The zero-order valence-electron chi connectivity index (χ0n) is 29.9. The summed E-state index contributed by atoms with van der Waals surface area (Å²) >= 11 is 7.36. The van der Waals surface area contributed by atoms with E-state index in [-0.39, 0.29) is 0 Å². The second-order valence-corrected chi connectivity index (χ2v) is 16.2. The fraction of sp³-hybridized carbons (Fsp3) is 0.395. The van der Waals surface area contributed by atoms with Crippen LogP contribution in [0.25, 0.3) is 11.1 Å². The van der Waals surface area contributed by atoms with Crippen LogP contribution in [-0.2, 0) is 35.8 Å². The molecule has 2 saturated carbocycles. The molecule has 3 N–H and O–H groups in total. The second kappa shape index (κ2) is 16.6. The van der Waals surface area contributed by atoms with E-state index in [4.69, 9.17) is 9.47 Å². The SMILES string of the molecule is Cc1c(COc2ccc(CCC3(C(=O)O)CCCC3)cc2Br)cccc1-c1cccc(COc2ccc(CNC3(C(=O)O)CCCC3)cc2Br)c1C. The van der Waals surface area contributed by atoms with E-state index in [1.807, 2.05) is 30.3 Å². The molecule has 0 heterocycles. The molecule has 52 heavy (non-hydrogen) atoms. The molecule has 2 fully saturated rings. The van der Waals surface area contributed by atoms with E-state index in [0.29, 0.717) is 39.0 Å². The van der Waals surface area contributed by atoms with Crippen molar-refractivity contribution in [3.8, 4) is 22.6 Å². The zero-order chi connectivity index (χ0) is 36.9. The number of aryl methyl sites for hydroxylation is 1. The molecule has 0 saturated heterocycles. The molecule has 0 aromatic heterocycles. The lowest BCUT2D eigenvalue weighted by atomic mass is 9.80. The Hall–Kier alpha value is -3.66. The van der Waals surface area contributed by atoms with Gasteiger partial charge in [0.2, 0.25) is 0 Å². The normalized spacial score (nSPS) is 16.2. The van der Waals surface area contributed by atoms with Gasteiger partial charge in [-0.1, -0.05) is 74.2 Å². The van der Waals surface area contributed by atoms with Crippen LogP contribution < -0.4 is 14.8 Å². The molecule has 0 amide bonds. The molecule has 0 spiro atoms. The van der Waals surface area contributed by atoms with Gasteiger partial charge in [0.05, 0.1) is 14.4 Å². The lowest BCUT2D eigenvalue weighted by molar-refractivity contribution is -0.149. The van der Waals surface area contributed by atoms with Gasteiger partial charge >= 0.3 is 11.9 Å². The molecule has 0 unspecified atom stereocenters. The third-order valence-corrected chi connectivity index (χ3v) is 12.6. The van der Waals surface area contributed by atoms with Crippen molar-refractivity contribution < 1.29 is 29.3 Å². The molecule has 4 aromatic rings. The Morgan fingerprint density at radius 1 is 0.692 bits per heavy atom. The first-order valence-electron chi connectivity index (χ1n) is 18.2. The minimum Gasteiger partial charge on any atom is -0.488 e. The Morgan fingerprint density at radius 3 is 1.69 bits per heavy atom. The third kappa shape index (κ3) is 8.42. The first-order chi connectivity index (χ1) is 25.0. The molecule has 2 aliphatic carbocycles. The van der Waals surface area contributed by atoms with Crippen LogP contribution in [-0.4, -0.2) is 27.7 Å². The maximum atomic E-state index is 12.0. The number of benzene rings is 4. The van der Waals surface area contributed by atoms with Gasteiger partial charge in [-0.2, -0.15) is 0 Å². The number of nitrogens with one attached hydrogen (secondary N) is 1. The molecule has 2 aliphatic rings. The van der Waals surface area contributed by atoms with Crippen molar-refractivity contribution in [2.24, 2.45) is 5.41 Å². The number of halogens is 2. The summed E-state index contributed by atoms with van der Waals surface area (Å²) in [5.41, 5.74) is 7.48. The number of carboxylic acids is 2. The maximum absolute atomic E-state index is 12.0. The van der Waals surface area contributed by atoms with E-state index in [9.17, 15) is 19.8 Å². The standard InChI is InChI=1S/C43H47Br2NO6/c1-28-32(26-51-38-15-13-30(23-36(38)44)17-22-42(40(47)48)18-3-4-19-42)9-7-11-34(28)35-12-8-10-33(29(35)2)27-52-39-16-14-31(24-37(39)45)25-46-43(41(49)50)20-5-6-21-43/h7-16,23-24,46H,3-6,17-22,25-27H2,1-2H3,(H,47,48)(H,49,50). The van der Waals surface area contributed by atoms with Gasteiger partial charge in [0.25, 0.3) is 0 Å². The van der Waals surface area contributed by atoms with Gasteiger partial charge in [-0.3, -0.25) is 14.9 Å². The molecular formula is C43H47Br2NO6. The highest BCUT2D eigenvalue weighted by atomic mass is 79.9. The molecule has 274 valence electrons. The Balaban J connectivity index is 1.08. The topological polar surface area (TPSA) is 105 Å². The maximum Gasteiger partial charge on any atom is 0.323 e. The zero-order valence-corrected chi connectivity index (χ0v) is 33.1. The van der Waals surface area contributed by atoms with Crippen molar-refractivity contribution in [2.75, 3.05) is 0 Å². The molecule has 0 bridgehead atoms. The van der Waals surface area contributed by atoms with Gasteiger partial charge in [-0.15, -0.1) is 0 Å². The predicted molar refractivity (Wildman–Crippen MR) is 211 cm³/mol. The van der Waals surface area contributed by atoms with Gasteiger partial charge in [-0.25, -0.2) is 0 Å². The van der Waals surface area contributed by atoms with E-state index in [1.165, 1.54) is 0 Å². The van der Waals surface area contributed by atoms with E-state index in [0.717, 1.165) is 110 Å². The van der Waals surface area contributed by atoms with Crippen LogP contribution >= 0.6 is 31.9 Å². The summed E-state index contributed by atoms with van der Waals surface area (Å²) in [5, 5.41) is 22.9. The molecular weight excluding hydrogens is 786 g/mol. The highest BCUT2D eigenvalue weighted by molar-refractivity contribution is 9.10. The minimum atomic E-state index is -0.829. The average Bonchev–Trinajstić information content (AvgIpc) is 3.82. The molecule has 0 aliphatic heterocycles. The average molecular weight is 834 g/mol. The lowest BCUT2D eigenvalue weighted by Crippen LogP contribution is -2.49. The molecule has 4 aromatic carbocycles. The first kappa shape index (κ1) is 38.1. The summed E-state index contributed by atoms with van der Waals surface area (Å²) in [5.74, 6) is 0.0615. The Labute approximate surface area is 323 Å².